The van der Waals surface area contributed by atoms with Crippen molar-refractivity contribution in [2.24, 2.45) is 11.8 Å². The molecule has 9 heteroatoms. The first kappa shape index (κ1) is 31.2. The molecule has 2 aliphatic heterocycles. The zero-order valence-corrected chi connectivity index (χ0v) is 26.1. The number of amides is 3. The number of ether oxygens (including phenoxy) is 2. The fourth-order valence-electron chi connectivity index (χ4n) is 7.23. The van der Waals surface area contributed by atoms with E-state index in [1.54, 1.807) is 18.1 Å². The third-order valence-electron chi connectivity index (χ3n) is 9.18. The maximum absolute atomic E-state index is 14.8. The van der Waals surface area contributed by atoms with Crippen LogP contribution in [0.15, 0.2) is 66.7 Å². The summed E-state index contributed by atoms with van der Waals surface area (Å²) in [7, 11) is 1.63. The number of fused-ring (bicyclic) bond motifs is 2. The van der Waals surface area contributed by atoms with E-state index >= 15 is 0 Å². The molecule has 0 aromatic heterocycles. The number of hydrogen-bond donors (Lipinski definition) is 3. The summed E-state index contributed by atoms with van der Waals surface area (Å²) in [6, 6.07) is 20.9. The predicted octanol–water partition coefficient (Wildman–Crippen LogP) is 5.37. The van der Waals surface area contributed by atoms with Gasteiger partial charge in [-0.3, -0.25) is 14.4 Å². The molecule has 2 heterocycles. The number of carbonyl (C=O) groups is 3. The summed E-state index contributed by atoms with van der Waals surface area (Å²) in [6.07, 6.45) is -0.0418. The molecule has 3 N–H and O–H groups in total. The number of methoxy groups -OCH3 is 1. The fraction of sp³-hybridized carbons (Fsp3) is 0.400. The van der Waals surface area contributed by atoms with Gasteiger partial charge in [-0.2, -0.15) is 0 Å². The second-order valence-electron chi connectivity index (χ2n) is 12.4. The Morgan fingerprint density at radius 1 is 0.977 bits per heavy atom. The van der Waals surface area contributed by atoms with E-state index in [1.165, 1.54) is 13.8 Å². The maximum atomic E-state index is 14.8. The number of aliphatic hydroxyl groups excluding tert-OH is 1. The molecule has 5 rings (SSSR count). The Morgan fingerprint density at radius 2 is 1.59 bits per heavy atom. The standard InChI is InChI=1S/C35H41N3O6/c1-21-32(34(4,5)25-9-14-28(43-6)15-10-25)31(17-18-39)44-35(21)29-19-27(37-23(3)41)13-16-30(29)38(33(35)42)20-24-7-11-26(12-8-24)36-22(2)40/h7-16,19,21,31-32,39H,17-18,20H2,1-6H3,(H,36,40)(H,37,41)/t21-,31+,32-,35+/m1/s1. The van der Waals surface area contributed by atoms with Crippen LogP contribution in [0.25, 0.3) is 0 Å². The number of hydrogen-bond acceptors (Lipinski definition) is 6. The molecule has 3 aromatic carbocycles. The van der Waals surface area contributed by atoms with Crippen LogP contribution in [0.2, 0.25) is 0 Å². The molecular formula is C35H41N3O6. The predicted molar refractivity (Wildman–Crippen MR) is 170 cm³/mol. The molecule has 0 bridgehead atoms. The van der Waals surface area contributed by atoms with E-state index in [4.69, 9.17) is 9.47 Å². The summed E-state index contributed by atoms with van der Waals surface area (Å²) in [6.45, 7) is 9.49. The maximum Gasteiger partial charge on any atom is 0.264 e. The Bertz CT molecular complexity index is 1550. The van der Waals surface area contributed by atoms with Crippen molar-refractivity contribution >= 4 is 34.8 Å². The van der Waals surface area contributed by atoms with E-state index in [2.05, 4.69) is 31.4 Å². The van der Waals surface area contributed by atoms with Crippen LogP contribution < -0.4 is 20.3 Å². The van der Waals surface area contributed by atoms with Crippen molar-refractivity contribution in [2.75, 3.05) is 29.3 Å². The summed E-state index contributed by atoms with van der Waals surface area (Å²) in [5, 5.41) is 15.8. The molecule has 232 valence electrons. The SMILES string of the molecule is COc1ccc(C(C)(C)[C@H]2[C@H](CCO)O[C@@]3(C(=O)N(Cc4ccc(NC(C)=O)cc4)c4ccc(NC(C)=O)cc43)[C@@H]2C)cc1. The van der Waals surface area contributed by atoms with Crippen LogP contribution >= 0.6 is 0 Å². The summed E-state index contributed by atoms with van der Waals surface area (Å²) in [5.74, 6) is -0.216. The molecule has 0 unspecified atom stereocenters. The van der Waals surface area contributed by atoms with Gasteiger partial charge in [0.25, 0.3) is 5.91 Å². The largest absolute Gasteiger partial charge is 0.497 e. The van der Waals surface area contributed by atoms with Crippen LogP contribution in [0.3, 0.4) is 0 Å². The third kappa shape index (κ3) is 5.46. The monoisotopic (exact) mass is 599 g/mol. The lowest BCUT2D eigenvalue weighted by Crippen LogP contribution is -2.45. The van der Waals surface area contributed by atoms with Gasteiger partial charge in [0.2, 0.25) is 11.8 Å². The van der Waals surface area contributed by atoms with Crippen molar-refractivity contribution in [1.29, 1.82) is 0 Å². The lowest BCUT2D eigenvalue weighted by Gasteiger charge is -2.38. The highest BCUT2D eigenvalue weighted by Gasteiger charge is 2.65. The summed E-state index contributed by atoms with van der Waals surface area (Å²) in [5.41, 5.74) is 2.87. The number of nitrogens with one attached hydrogen (secondary N) is 2. The number of rotatable bonds is 9. The van der Waals surface area contributed by atoms with Crippen LogP contribution in [0.4, 0.5) is 17.1 Å². The second kappa shape index (κ2) is 12.1. The molecule has 1 fully saturated rings. The Morgan fingerprint density at radius 3 is 2.18 bits per heavy atom. The van der Waals surface area contributed by atoms with E-state index in [0.717, 1.165) is 16.9 Å². The average Bonchev–Trinajstić information content (AvgIpc) is 3.40. The summed E-state index contributed by atoms with van der Waals surface area (Å²) >= 11 is 0. The van der Waals surface area contributed by atoms with Crippen molar-refractivity contribution < 1.29 is 29.0 Å². The summed E-state index contributed by atoms with van der Waals surface area (Å²) in [4.78, 5) is 40.0. The molecular weight excluding hydrogens is 558 g/mol. The van der Waals surface area contributed by atoms with Crippen molar-refractivity contribution in [3.63, 3.8) is 0 Å². The fourth-order valence-corrected chi connectivity index (χ4v) is 7.23. The first-order chi connectivity index (χ1) is 20.9. The minimum absolute atomic E-state index is 0.0833. The average molecular weight is 600 g/mol. The Balaban J connectivity index is 1.59. The van der Waals surface area contributed by atoms with Crippen LogP contribution in [-0.4, -0.2) is 42.6 Å². The highest BCUT2D eigenvalue weighted by molar-refractivity contribution is 6.08. The lowest BCUT2D eigenvalue weighted by molar-refractivity contribution is -0.146. The zero-order chi connectivity index (χ0) is 31.8. The Labute approximate surface area is 258 Å². The zero-order valence-electron chi connectivity index (χ0n) is 26.1. The Hall–Kier alpha value is -4.21. The lowest BCUT2D eigenvalue weighted by atomic mass is 9.63. The number of aliphatic hydroxyl groups is 1. The highest BCUT2D eigenvalue weighted by atomic mass is 16.5. The first-order valence-electron chi connectivity index (χ1n) is 15.0. The van der Waals surface area contributed by atoms with Crippen LogP contribution in [0.5, 0.6) is 5.75 Å². The summed E-state index contributed by atoms with van der Waals surface area (Å²) < 4.78 is 12.3. The van der Waals surface area contributed by atoms with E-state index in [9.17, 15) is 19.5 Å². The molecule has 4 atom stereocenters. The Kier molecular flexibility index (Phi) is 8.55. The van der Waals surface area contributed by atoms with Gasteiger partial charge in [-0.1, -0.05) is 45.0 Å². The molecule has 0 saturated carbocycles. The van der Waals surface area contributed by atoms with Gasteiger partial charge in [0, 0.05) is 49.2 Å². The molecule has 1 spiro atoms. The minimum atomic E-state index is -1.33. The highest BCUT2D eigenvalue weighted by Crippen LogP contribution is 2.60. The quantitative estimate of drug-likeness (QED) is 0.305. The van der Waals surface area contributed by atoms with Gasteiger partial charge in [0.1, 0.15) is 5.75 Å². The number of anilines is 3. The first-order valence-corrected chi connectivity index (χ1v) is 15.0. The molecule has 3 aromatic rings. The number of nitrogens with zero attached hydrogens (tertiary/aromatic N) is 1. The second-order valence-corrected chi connectivity index (χ2v) is 12.4. The van der Waals surface area contributed by atoms with Crippen molar-refractivity contribution in [2.45, 2.75) is 64.7 Å². The molecule has 3 amide bonds. The van der Waals surface area contributed by atoms with Crippen LogP contribution in [-0.2, 0) is 36.7 Å². The van der Waals surface area contributed by atoms with E-state index < -0.39 is 17.1 Å². The number of benzene rings is 3. The molecule has 2 aliphatic rings. The van der Waals surface area contributed by atoms with Gasteiger partial charge < -0.3 is 30.1 Å². The smallest absolute Gasteiger partial charge is 0.264 e. The van der Waals surface area contributed by atoms with Gasteiger partial charge in [-0.05, 0) is 65.4 Å². The molecule has 1 saturated heterocycles. The van der Waals surface area contributed by atoms with Crippen molar-refractivity contribution in [3.8, 4) is 5.75 Å². The van der Waals surface area contributed by atoms with Gasteiger partial charge in [-0.15, -0.1) is 0 Å². The minimum Gasteiger partial charge on any atom is -0.497 e. The normalized spacial score (nSPS) is 22.7. The molecule has 9 nitrogen and oxygen atoms in total. The van der Waals surface area contributed by atoms with Gasteiger partial charge in [-0.25, -0.2) is 0 Å². The van der Waals surface area contributed by atoms with Crippen molar-refractivity contribution in [1.82, 2.24) is 0 Å². The van der Waals surface area contributed by atoms with Gasteiger partial charge in [0.15, 0.2) is 5.60 Å². The van der Waals surface area contributed by atoms with E-state index in [-0.39, 0.29) is 36.2 Å². The third-order valence-corrected chi connectivity index (χ3v) is 9.18. The van der Waals surface area contributed by atoms with Gasteiger partial charge >= 0.3 is 0 Å². The van der Waals surface area contributed by atoms with Crippen molar-refractivity contribution in [3.05, 3.63) is 83.4 Å². The molecule has 44 heavy (non-hydrogen) atoms. The molecule has 0 aliphatic carbocycles. The topological polar surface area (TPSA) is 117 Å². The van der Waals surface area contributed by atoms with E-state index in [0.29, 0.717) is 35.6 Å². The molecule has 0 radical (unpaired) electrons. The van der Waals surface area contributed by atoms with Crippen LogP contribution in [0, 0.1) is 11.8 Å². The van der Waals surface area contributed by atoms with Gasteiger partial charge in [0.05, 0.1) is 25.4 Å². The van der Waals surface area contributed by atoms with Crippen LogP contribution in [0.1, 0.15) is 57.7 Å². The van der Waals surface area contributed by atoms with E-state index in [1.807, 2.05) is 60.7 Å². The number of carbonyl (C=O) groups excluding carboxylic acids is 3.